The van der Waals surface area contributed by atoms with Gasteiger partial charge in [-0.15, -0.1) is 24.0 Å². The Hall–Kier alpha value is -1.39. The molecule has 0 radical (unpaired) electrons. The van der Waals surface area contributed by atoms with E-state index < -0.39 is 0 Å². The highest BCUT2D eigenvalue weighted by atomic mass is 127. The van der Waals surface area contributed by atoms with Crippen LogP contribution in [-0.2, 0) is 11.2 Å². The van der Waals surface area contributed by atoms with Crippen LogP contribution in [0.1, 0.15) is 76.9 Å². The lowest BCUT2D eigenvalue weighted by atomic mass is 10.2. The summed E-state index contributed by atoms with van der Waals surface area (Å²) < 4.78 is 5.27. The first-order valence-corrected chi connectivity index (χ1v) is 10.7. The molecule has 1 amide bonds. The highest BCUT2D eigenvalue weighted by Gasteiger charge is 2.15. The molecule has 2 rings (SSSR count). The predicted molar refractivity (Wildman–Crippen MR) is 126 cm³/mol. The van der Waals surface area contributed by atoms with Crippen molar-refractivity contribution in [3.63, 3.8) is 0 Å². The monoisotopic (exact) mass is 520 g/mol. The molecule has 1 aromatic rings. The average molecular weight is 520 g/mol. The van der Waals surface area contributed by atoms with Crippen LogP contribution in [-0.4, -0.2) is 59.6 Å². The lowest BCUT2D eigenvalue weighted by Crippen LogP contribution is -2.38. The van der Waals surface area contributed by atoms with Crippen molar-refractivity contribution in [3.8, 4) is 0 Å². The summed E-state index contributed by atoms with van der Waals surface area (Å²) in [6, 6.07) is 0. The van der Waals surface area contributed by atoms with Crippen molar-refractivity contribution in [2.24, 2.45) is 4.99 Å². The molecule has 1 fully saturated rings. The van der Waals surface area contributed by atoms with E-state index in [1.165, 1.54) is 0 Å². The third-order valence-corrected chi connectivity index (χ3v) is 4.73. The number of nitrogens with zero attached hydrogens (tertiary/aromatic N) is 4. The van der Waals surface area contributed by atoms with E-state index in [9.17, 15) is 4.79 Å². The van der Waals surface area contributed by atoms with E-state index in [2.05, 4.69) is 46.5 Å². The van der Waals surface area contributed by atoms with Crippen molar-refractivity contribution >= 4 is 35.8 Å². The number of aromatic nitrogens is 2. The summed E-state index contributed by atoms with van der Waals surface area (Å²) >= 11 is 0. The zero-order valence-corrected chi connectivity index (χ0v) is 20.4. The Balaban J connectivity index is 0.00000420. The smallest absolute Gasteiger partial charge is 0.226 e. The van der Waals surface area contributed by atoms with Gasteiger partial charge in [-0.05, 0) is 32.6 Å². The summed E-state index contributed by atoms with van der Waals surface area (Å²) in [5.74, 6) is 2.86. The van der Waals surface area contributed by atoms with E-state index in [0.29, 0.717) is 24.8 Å². The van der Waals surface area contributed by atoms with E-state index >= 15 is 0 Å². The maximum atomic E-state index is 12.0. The second-order valence-electron chi connectivity index (χ2n) is 7.54. The van der Waals surface area contributed by atoms with Crippen LogP contribution in [0.3, 0.4) is 0 Å². The molecule has 166 valence electrons. The number of rotatable bonds is 10. The predicted octanol–water partition coefficient (Wildman–Crippen LogP) is 3.09. The fourth-order valence-corrected chi connectivity index (χ4v) is 3.12. The lowest BCUT2D eigenvalue weighted by molar-refractivity contribution is -0.130. The molecule has 2 N–H and O–H groups in total. The Labute approximate surface area is 191 Å². The van der Waals surface area contributed by atoms with Crippen molar-refractivity contribution in [1.29, 1.82) is 0 Å². The molecule has 2 heterocycles. The van der Waals surface area contributed by atoms with Crippen molar-refractivity contribution < 1.29 is 9.32 Å². The summed E-state index contributed by atoms with van der Waals surface area (Å²) in [6.45, 7) is 10.2. The molecule has 1 aliphatic rings. The SMILES string of the molecule is CCNC(=NCCCN1CCCCCC1=O)NCCCc1nc(C(C)C)no1.I. The van der Waals surface area contributed by atoms with Crippen LogP contribution < -0.4 is 10.6 Å². The summed E-state index contributed by atoms with van der Waals surface area (Å²) in [5, 5.41) is 10.6. The number of halogens is 1. The Kier molecular flexibility index (Phi) is 12.9. The molecule has 0 atom stereocenters. The number of amides is 1. The van der Waals surface area contributed by atoms with Gasteiger partial charge >= 0.3 is 0 Å². The topological polar surface area (TPSA) is 95.7 Å². The number of hydrogen-bond acceptors (Lipinski definition) is 5. The molecule has 0 saturated carbocycles. The Morgan fingerprint density at radius 1 is 1.24 bits per heavy atom. The van der Waals surface area contributed by atoms with Gasteiger partial charge in [-0.2, -0.15) is 4.98 Å². The van der Waals surface area contributed by atoms with Crippen LogP contribution >= 0.6 is 24.0 Å². The normalized spacial score (nSPS) is 15.2. The van der Waals surface area contributed by atoms with Crippen molar-refractivity contribution in [2.45, 2.75) is 71.6 Å². The van der Waals surface area contributed by atoms with E-state index in [4.69, 9.17) is 4.52 Å². The molecule has 0 bridgehead atoms. The van der Waals surface area contributed by atoms with Gasteiger partial charge < -0.3 is 20.1 Å². The Morgan fingerprint density at radius 3 is 2.79 bits per heavy atom. The first kappa shape index (κ1) is 25.6. The van der Waals surface area contributed by atoms with Crippen LogP contribution in [0.15, 0.2) is 9.52 Å². The number of nitrogens with one attached hydrogen (secondary N) is 2. The molecule has 1 aromatic heterocycles. The average Bonchev–Trinajstić information content (AvgIpc) is 3.06. The molecular formula is C20H37IN6O2. The Bertz CT molecular complexity index is 620. The molecule has 1 saturated heterocycles. The van der Waals surface area contributed by atoms with Crippen molar-refractivity contribution in [1.82, 2.24) is 25.7 Å². The highest BCUT2D eigenvalue weighted by Crippen LogP contribution is 2.11. The first-order valence-electron chi connectivity index (χ1n) is 10.7. The highest BCUT2D eigenvalue weighted by molar-refractivity contribution is 14.0. The molecular weight excluding hydrogens is 483 g/mol. The number of carbonyl (C=O) groups is 1. The summed E-state index contributed by atoms with van der Waals surface area (Å²) in [5.41, 5.74) is 0. The third kappa shape index (κ3) is 9.77. The van der Waals surface area contributed by atoms with E-state index in [1.807, 2.05) is 4.90 Å². The first-order chi connectivity index (χ1) is 13.6. The lowest BCUT2D eigenvalue weighted by Gasteiger charge is -2.20. The minimum atomic E-state index is 0. The second kappa shape index (κ2) is 14.6. The van der Waals surface area contributed by atoms with E-state index in [-0.39, 0.29) is 29.9 Å². The maximum absolute atomic E-state index is 12.0. The minimum Gasteiger partial charge on any atom is -0.357 e. The van der Waals surface area contributed by atoms with E-state index in [0.717, 1.165) is 76.5 Å². The molecule has 0 aromatic carbocycles. The van der Waals surface area contributed by atoms with Crippen molar-refractivity contribution in [3.05, 3.63) is 11.7 Å². The molecule has 9 heteroatoms. The van der Waals surface area contributed by atoms with Crippen LogP contribution in [0, 0.1) is 0 Å². The fraction of sp³-hybridized carbons (Fsp3) is 0.800. The second-order valence-corrected chi connectivity index (χ2v) is 7.54. The Morgan fingerprint density at radius 2 is 2.07 bits per heavy atom. The molecule has 0 aliphatic carbocycles. The third-order valence-electron chi connectivity index (χ3n) is 4.73. The van der Waals surface area contributed by atoms with Gasteiger partial charge in [0.05, 0.1) is 0 Å². The van der Waals surface area contributed by atoms with Gasteiger partial charge in [0.25, 0.3) is 0 Å². The maximum Gasteiger partial charge on any atom is 0.226 e. The van der Waals surface area contributed by atoms with Gasteiger partial charge in [0.15, 0.2) is 11.8 Å². The molecule has 29 heavy (non-hydrogen) atoms. The largest absolute Gasteiger partial charge is 0.357 e. The number of likely N-dealkylation sites (tertiary alicyclic amines) is 1. The number of aryl methyl sites for hydroxylation is 1. The number of carbonyl (C=O) groups excluding carboxylic acids is 1. The standard InChI is InChI=1S/C20H36N6O2.HI/c1-4-21-20(22-12-8-10-17-24-19(16(2)3)25-28-17)23-13-9-15-26-14-7-5-6-11-18(26)27;/h16H,4-15H2,1-3H3,(H2,21,22,23);1H. The van der Waals surface area contributed by atoms with Crippen LogP contribution in [0.25, 0.3) is 0 Å². The summed E-state index contributed by atoms with van der Waals surface area (Å²) in [7, 11) is 0. The molecule has 0 spiro atoms. The summed E-state index contributed by atoms with van der Waals surface area (Å²) in [6.07, 6.45) is 6.56. The fourth-order valence-electron chi connectivity index (χ4n) is 3.12. The van der Waals surface area contributed by atoms with Gasteiger partial charge in [0, 0.05) is 51.5 Å². The van der Waals surface area contributed by atoms with Gasteiger partial charge in [0.2, 0.25) is 11.8 Å². The van der Waals surface area contributed by atoms with Gasteiger partial charge in [-0.3, -0.25) is 9.79 Å². The molecule has 8 nitrogen and oxygen atoms in total. The van der Waals surface area contributed by atoms with E-state index in [1.54, 1.807) is 0 Å². The van der Waals surface area contributed by atoms with Crippen LogP contribution in [0.5, 0.6) is 0 Å². The van der Waals surface area contributed by atoms with Gasteiger partial charge in [0.1, 0.15) is 0 Å². The van der Waals surface area contributed by atoms with Crippen molar-refractivity contribution in [2.75, 3.05) is 32.7 Å². The van der Waals surface area contributed by atoms with Gasteiger partial charge in [-0.1, -0.05) is 25.4 Å². The van der Waals surface area contributed by atoms with Crippen LogP contribution in [0.2, 0.25) is 0 Å². The number of guanidine groups is 1. The zero-order chi connectivity index (χ0) is 20.2. The number of aliphatic imine (C=N–C) groups is 1. The van der Waals surface area contributed by atoms with Gasteiger partial charge in [-0.25, -0.2) is 0 Å². The zero-order valence-electron chi connectivity index (χ0n) is 18.1. The molecule has 0 unspecified atom stereocenters. The minimum absolute atomic E-state index is 0. The molecule has 1 aliphatic heterocycles. The summed E-state index contributed by atoms with van der Waals surface area (Å²) in [4.78, 5) is 23.0. The van der Waals surface area contributed by atoms with Crippen LogP contribution in [0.4, 0.5) is 0 Å². The quantitative estimate of drug-likeness (QED) is 0.213. The number of hydrogen-bond donors (Lipinski definition) is 2.